The molecule has 190 valence electrons. The van der Waals surface area contributed by atoms with E-state index in [1.54, 1.807) is 45.7 Å². The van der Waals surface area contributed by atoms with Gasteiger partial charge >= 0.3 is 0 Å². The molecular weight excluding hydrogens is 518 g/mol. The molecule has 9 heteroatoms. The van der Waals surface area contributed by atoms with Crippen LogP contribution in [0.25, 0.3) is 0 Å². The summed E-state index contributed by atoms with van der Waals surface area (Å²) in [6.07, 6.45) is 6.37. The number of likely N-dealkylation sites (tertiary alicyclic amines) is 1. The van der Waals surface area contributed by atoms with Crippen LogP contribution < -0.4 is 0 Å². The first kappa shape index (κ1) is 27.3. The predicted molar refractivity (Wildman–Crippen MR) is 140 cm³/mol. The number of aliphatic hydroxyl groups excluding tert-OH is 1. The third-order valence-electron chi connectivity index (χ3n) is 7.54. The van der Waals surface area contributed by atoms with Crippen LogP contribution in [0, 0.1) is 11.8 Å². The molecule has 0 aromatic rings. The number of likely N-dealkylation sites (N-methyl/N-ethyl adjacent to an activating group) is 1. The molecule has 34 heavy (non-hydrogen) atoms. The molecule has 3 saturated heterocycles. The summed E-state index contributed by atoms with van der Waals surface area (Å²) in [7, 11) is 1.73. The van der Waals surface area contributed by atoms with Crippen molar-refractivity contribution in [2.75, 3.05) is 33.3 Å². The zero-order valence-corrected chi connectivity index (χ0v) is 22.9. The van der Waals surface area contributed by atoms with Crippen LogP contribution in [0.3, 0.4) is 0 Å². The Morgan fingerprint density at radius 1 is 1.29 bits per heavy atom. The average molecular weight is 557 g/mol. The molecule has 0 aliphatic carbocycles. The topological polar surface area (TPSA) is 81.2 Å². The fourth-order valence-electron chi connectivity index (χ4n) is 5.94. The van der Waals surface area contributed by atoms with Gasteiger partial charge in [-0.15, -0.1) is 24.9 Å². The van der Waals surface area contributed by atoms with Gasteiger partial charge in [0.2, 0.25) is 17.7 Å². The Balaban J connectivity index is 2.09. The molecule has 1 spiro atoms. The number of rotatable bonds is 12. The third-order valence-corrected chi connectivity index (χ3v) is 10.8. The highest BCUT2D eigenvalue weighted by atomic mass is 79.9. The van der Waals surface area contributed by atoms with Crippen molar-refractivity contribution in [3.8, 4) is 0 Å². The number of carbonyl (C=O) groups excluding carboxylic acids is 3. The molecule has 3 aliphatic heterocycles. The first-order valence-corrected chi connectivity index (χ1v) is 14.0. The second-order valence-electron chi connectivity index (χ2n) is 9.59. The van der Waals surface area contributed by atoms with Crippen LogP contribution in [0.1, 0.15) is 39.5 Å². The highest BCUT2D eigenvalue weighted by molar-refractivity contribution is 9.09. The molecule has 2 bridgehead atoms. The number of fused-ring (bicyclic) bond motifs is 1. The number of nitrogens with zero attached hydrogens (tertiary/aromatic N) is 3. The van der Waals surface area contributed by atoms with E-state index in [0.29, 0.717) is 32.5 Å². The molecule has 0 aromatic carbocycles. The molecule has 0 saturated carbocycles. The SMILES string of the molecule is C=CCN(C)C(=O)[C@H]1[C@H]2C(=O)N([C@@H](CC)CO)C(C(=O)N(CC=C)CCCC)C23CC(Br)[C@@H]1S3. The lowest BCUT2D eigenvalue weighted by atomic mass is 9.70. The second-order valence-corrected chi connectivity index (χ2v) is 12.3. The summed E-state index contributed by atoms with van der Waals surface area (Å²) in [6.45, 7) is 12.7. The van der Waals surface area contributed by atoms with Gasteiger partial charge in [0.25, 0.3) is 0 Å². The van der Waals surface area contributed by atoms with E-state index in [-0.39, 0.29) is 34.4 Å². The van der Waals surface area contributed by atoms with Crippen molar-refractivity contribution < 1.29 is 19.5 Å². The van der Waals surface area contributed by atoms with Gasteiger partial charge in [-0.3, -0.25) is 14.4 Å². The molecular formula is C25H38BrN3O4S. The van der Waals surface area contributed by atoms with Gasteiger partial charge in [0.15, 0.2) is 0 Å². The molecule has 3 amide bonds. The highest BCUT2D eigenvalue weighted by Gasteiger charge is 2.76. The van der Waals surface area contributed by atoms with Gasteiger partial charge in [-0.2, -0.15) is 0 Å². The quantitative estimate of drug-likeness (QED) is 0.296. The normalized spacial score (nSPS) is 32.4. The van der Waals surface area contributed by atoms with Gasteiger partial charge in [-0.05, 0) is 19.3 Å². The van der Waals surface area contributed by atoms with Crippen LogP contribution in [0.5, 0.6) is 0 Å². The second kappa shape index (κ2) is 11.2. The maximum atomic E-state index is 14.1. The van der Waals surface area contributed by atoms with Crippen molar-refractivity contribution >= 4 is 45.4 Å². The van der Waals surface area contributed by atoms with Gasteiger partial charge in [-0.1, -0.05) is 48.4 Å². The Bertz CT molecular complexity index is 822. The number of thioether (sulfide) groups is 1. The highest BCUT2D eigenvalue weighted by Crippen LogP contribution is 2.68. The maximum absolute atomic E-state index is 14.1. The monoisotopic (exact) mass is 555 g/mol. The summed E-state index contributed by atoms with van der Waals surface area (Å²) in [5.74, 6) is -1.45. The van der Waals surface area contributed by atoms with E-state index in [4.69, 9.17) is 0 Å². The maximum Gasteiger partial charge on any atom is 0.247 e. The van der Waals surface area contributed by atoms with E-state index in [0.717, 1.165) is 12.8 Å². The molecule has 1 N–H and O–H groups in total. The van der Waals surface area contributed by atoms with Gasteiger partial charge in [0.05, 0.1) is 29.2 Å². The molecule has 3 fully saturated rings. The minimum Gasteiger partial charge on any atom is -0.394 e. The largest absolute Gasteiger partial charge is 0.394 e. The summed E-state index contributed by atoms with van der Waals surface area (Å²) >= 11 is 5.42. The molecule has 3 rings (SSSR count). The summed E-state index contributed by atoms with van der Waals surface area (Å²) in [6, 6.07) is -1.18. The number of amides is 3. The Hall–Kier alpha value is -1.32. The third kappa shape index (κ3) is 4.37. The van der Waals surface area contributed by atoms with Crippen molar-refractivity contribution in [1.82, 2.24) is 14.7 Å². The first-order chi connectivity index (χ1) is 16.2. The fraction of sp³-hybridized carbons (Fsp3) is 0.720. The molecule has 0 radical (unpaired) electrons. The number of aliphatic hydroxyl groups is 1. The number of hydrogen-bond donors (Lipinski definition) is 1. The lowest BCUT2D eigenvalue weighted by Crippen LogP contribution is -2.58. The first-order valence-electron chi connectivity index (χ1n) is 12.2. The Kier molecular flexibility index (Phi) is 8.96. The lowest BCUT2D eigenvalue weighted by molar-refractivity contribution is -0.146. The number of halogens is 1. The van der Waals surface area contributed by atoms with Crippen LogP contribution in [-0.2, 0) is 14.4 Å². The predicted octanol–water partition coefficient (Wildman–Crippen LogP) is 2.68. The average Bonchev–Trinajstić information content (AvgIpc) is 3.40. The van der Waals surface area contributed by atoms with Gasteiger partial charge in [0, 0.05) is 36.8 Å². The minimum absolute atomic E-state index is 0.0283. The summed E-state index contributed by atoms with van der Waals surface area (Å²) in [5, 5.41) is 10.1. The molecule has 3 heterocycles. The van der Waals surface area contributed by atoms with Crippen molar-refractivity contribution in [3.63, 3.8) is 0 Å². The van der Waals surface area contributed by atoms with Crippen LogP contribution >= 0.6 is 27.7 Å². The Morgan fingerprint density at radius 2 is 1.97 bits per heavy atom. The van der Waals surface area contributed by atoms with E-state index in [1.807, 2.05) is 6.92 Å². The van der Waals surface area contributed by atoms with Crippen LogP contribution in [0.4, 0.5) is 0 Å². The number of carbonyl (C=O) groups is 3. The zero-order chi connectivity index (χ0) is 25.2. The van der Waals surface area contributed by atoms with E-state index in [2.05, 4.69) is 36.0 Å². The molecule has 7 nitrogen and oxygen atoms in total. The van der Waals surface area contributed by atoms with E-state index < -0.39 is 28.7 Å². The zero-order valence-electron chi connectivity index (χ0n) is 20.5. The standard InChI is InChI=1S/C25H38BrN3O4S/c1-6-10-13-28(12-8-3)24(33)21-25-14-17(26)20(34-25)18(22(31)27(5)11-7-2)19(25)23(32)29(21)16(9-4)15-30/h7-8,16-21,30H,2-3,6,9-15H2,1,4-5H3/t16-,17?,18-,19-,20-,21?,25?/m0/s1. The van der Waals surface area contributed by atoms with E-state index in [9.17, 15) is 19.5 Å². The van der Waals surface area contributed by atoms with Crippen LogP contribution in [0.2, 0.25) is 0 Å². The van der Waals surface area contributed by atoms with Gasteiger partial charge in [-0.25, -0.2) is 0 Å². The van der Waals surface area contributed by atoms with Crippen molar-refractivity contribution in [3.05, 3.63) is 25.3 Å². The lowest BCUT2D eigenvalue weighted by Gasteiger charge is -2.40. The summed E-state index contributed by atoms with van der Waals surface area (Å²) in [4.78, 5) is 46.8. The molecule has 7 atom stereocenters. The van der Waals surface area contributed by atoms with Crippen molar-refractivity contribution in [1.29, 1.82) is 0 Å². The summed E-state index contributed by atoms with van der Waals surface area (Å²) < 4.78 is -0.698. The molecule has 3 aliphatic rings. The molecule has 3 unspecified atom stereocenters. The van der Waals surface area contributed by atoms with Gasteiger partial charge < -0.3 is 19.8 Å². The Labute approximate surface area is 216 Å². The van der Waals surface area contributed by atoms with Crippen molar-refractivity contribution in [2.45, 2.75) is 66.4 Å². The van der Waals surface area contributed by atoms with Gasteiger partial charge in [0.1, 0.15) is 6.04 Å². The summed E-state index contributed by atoms with van der Waals surface area (Å²) in [5.41, 5.74) is 0. The number of hydrogen-bond acceptors (Lipinski definition) is 5. The van der Waals surface area contributed by atoms with E-state index in [1.165, 1.54) is 0 Å². The van der Waals surface area contributed by atoms with Crippen LogP contribution in [0.15, 0.2) is 25.3 Å². The smallest absolute Gasteiger partial charge is 0.247 e. The fourth-order valence-corrected chi connectivity index (χ4v) is 9.53. The van der Waals surface area contributed by atoms with Crippen LogP contribution in [-0.4, -0.2) is 97.7 Å². The van der Waals surface area contributed by atoms with Crippen molar-refractivity contribution in [2.24, 2.45) is 11.8 Å². The molecule has 0 aromatic heterocycles. The van der Waals surface area contributed by atoms with E-state index >= 15 is 0 Å². The Morgan fingerprint density at radius 3 is 2.53 bits per heavy atom. The number of unbranched alkanes of at least 4 members (excludes halogenated alkanes) is 1. The number of alkyl halides is 1. The minimum atomic E-state index is -0.712.